The third-order valence-corrected chi connectivity index (χ3v) is 3.53. The van der Waals surface area contributed by atoms with Crippen LogP contribution in [0.4, 0.5) is 0 Å². The van der Waals surface area contributed by atoms with Gasteiger partial charge in [-0.3, -0.25) is 9.59 Å². The van der Waals surface area contributed by atoms with Crippen molar-refractivity contribution in [3.8, 4) is 0 Å². The molecule has 2 amide bonds. The van der Waals surface area contributed by atoms with Gasteiger partial charge in [0.2, 0.25) is 5.91 Å². The molecule has 0 spiro atoms. The van der Waals surface area contributed by atoms with E-state index < -0.39 is 12.0 Å². The number of aryl methyl sites for hydroxylation is 1. The smallest absolute Gasteiger partial charge is 0.266 e. The highest BCUT2D eigenvalue weighted by Crippen LogP contribution is 2.17. The van der Waals surface area contributed by atoms with Gasteiger partial charge in [0.05, 0.1) is 24.4 Å². The SMILES string of the molecule is Cc1ncsc1C(=O)N1CCOC(C(N)=O)C1. The van der Waals surface area contributed by atoms with E-state index in [1.807, 2.05) is 0 Å². The zero-order chi connectivity index (χ0) is 12.4. The minimum Gasteiger partial charge on any atom is -0.367 e. The summed E-state index contributed by atoms with van der Waals surface area (Å²) in [6.45, 7) is 2.80. The topological polar surface area (TPSA) is 85.5 Å². The van der Waals surface area contributed by atoms with Gasteiger partial charge >= 0.3 is 0 Å². The van der Waals surface area contributed by atoms with Gasteiger partial charge in [0.1, 0.15) is 4.88 Å². The van der Waals surface area contributed by atoms with Gasteiger partial charge in [0, 0.05) is 6.54 Å². The quantitative estimate of drug-likeness (QED) is 0.791. The minimum absolute atomic E-state index is 0.112. The molecular weight excluding hydrogens is 242 g/mol. The zero-order valence-corrected chi connectivity index (χ0v) is 10.2. The van der Waals surface area contributed by atoms with Gasteiger partial charge < -0.3 is 15.4 Å². The molecule has 1 atom stereocenters. The summed E-state index contributed by atoms with van der Waals surface area (Å²) < 4.78 is 5.19. The average Bonchev–Trinajstić information content (AvgIpc) is 2.74. The fourth-order valence-corrected chi connectivity index (χ4v) is 2.43. The normalized spacial score (nSPS) is 20.3. The number of rotatable bonds is 2. The van der Waals surface area contributed by atoms with Gasteiger partial charge in [-0.1, -0.05) is 0 Å². The number of aromatic nitrogens is 1. The van der Waals surface area contributed by atoms with E-state index in [0.29, 0.717) is 23.7 Å². The van der Waals surface area contributed by atoms with Crippen molar-refractivity contribution in [3.63, 3.8) is 0 Å². The molecule has 0 aliphatic carbocycles. The van der Waals surface area contributed by atoms with Gasteiger partial charge in [0.25, 0.3) is 5.91 Å². The summed E-state index contributed by atoms with van der Waals surface area (Å²) in [6.07, 6.45) is -0.707. The van der Waals surface area contributed by atoms with E-state index in [9.17, 15) is 9.59 Å². The summed E-state index contributed by atoms with van der Waals surface area (Å²) in [6, 6.07) is 0. The lowest BCUT2D eigenvalue weighted by Gasteiger charge is -2.31. The Morgan fingerprint density at radius 2 is 2.41 bits per heavy atom. The standard InChI is InChI=1S/C10H13N3O3S/c1-6-8(17-5-12-6)10(15)13-2-3-16-7(4-13)9(11)14/h5,7H,2-4H2,1H3,(H2,11,14). The first kappa shape index (κ1) is 12.0. The van der Waals surface area contributed by atoms with E-state index >= 15 is 0 Å². The average molecular weight is 255 g/mol. The number of amides is 2. The van der Waals surface area contributed by atoms with Crippen LogP contribution >= 0.6 is 11.3 Å². The third kappa shape index (κ3) is 2.45. The Labute approximate surface area is 102 Å². The van der Waals surface area contributed by atoms with Crippen LogP contribution in [0.1, 0.15) is 15.4 Å². The van der Waals surface area contributed by atoms with Gasteiger partial charge in [-0.2, -0.15) is 0 Å². The first-order valence-electron chi connectivity index (χ1n) is 5.20. The number of primary amides is 1. The van der Waals surface area contributed by atoms with Crippen LogP contribution in [0.15, 0.2) is 5.51 Å². The number of morpholine rings is 1. The molecule has 92 valence electrons. The highest BCUT2D eigenvalue weighted by Gasteiger charge is 2.29. The largest absolute Gasteiger partial charge is 0.367 e. The molecule has 2 rings (SSSR count). The number of ether oxygens (including phenoxy) is 1. The number of carbonyl (C=O) groups is 2. The van der Waals surface area contributed by atoms with Crippen LogP contribution in [-0.4, -0.2) is 47.5 Å². The molecule has 0 aromatic carbocycles. The van der Waals surface area contributed by atoms with Crippen LogP contribution in [0.2, 0.25) is 0 Å². The Kier molecular flexibility index (Phi) is 3.39. The Balaban J connectivity index is 2.10. The van der Waals surface area contributed by atoms with E-state index in [1.165, 1.54) is 11.3 Å². The van der Waals surface area contributed by atoms with Gasteiger partial charge in [-0.05, 0) is 6.92 Å². The molecule has 1 aliphatic rings. The summed E-state index contributed by atoms with van der Waals surface area (Å²) >= 11 is 1.30. The number of carbonyl (C=O) groups excluding carboxylic acids is 2. The number of thiazole rings is 1. The minimum atomic E-state index is -0.707. The molecule has 1 unspecified atom stereocenters. The molecule has 2 heterocycles. The van der Waals surface area contributed by atoms with Crippen molar-refractivity contribution >= 4 is 23.2 Å². The van der Waals surface area contributed by atoms with Crippen molar-refractivity contribution in [1.82, 2.24) is 9.88 Å². The van der Waals surface area contributed by atoms with Gasteiger partial charge in [0.15, 0.2) is 6.10 Å². The van der Waals surface area contributed by atoms with Crippen molar-refractivity contribution in [2.45, 2.75) is 13.0 Å². The highest BCUT2D eigenvalue weighted by atomic mass is 32.1. The third-order valence-electron chi connectivity index (χ3n) is 2.61. The Morgan fingerprint density at radius 3 is 3.00 bits per heavy atom. The fraction of sp³-hybridized carbons (Fsp3) is 0.500. The molecule has 0 bridgehead atoms. The lowest BCUT2D eigenvalue weighted by molar-refractivity contribution is -0.133. The van der Waals surface area contributed by atoms with Crippen LogP contribution in [0.3, 0.4) is 0 Å². The molecule has 0 radical (unpaired) electrons. The molecule has 1 aromatic heterocycles. The second-order valence-corrected chi connectivity index (χ2v) is 4.63. The van der Waals surface area contributed by atoms with Crippen molar-refractivity contribution in [3.05, 3.63) is 16.1 Å². The Hall–Kier alpha value is -1.47. The molecule has 17 heavy (non-hydrogen) atoms. The molecule has 1 aromatic rings. The lowest BCUT2D eigenvalue weighted by Crippen LogP contribution is -2.50. The van der Waals surface area contributed by atoms with Gasteiger partial charge in [-0.15, -0.1) is 11.3 Å². The van der Waals surface area contributed by atoms with Crippen molar-refractivity contribution in [2.75, 3.05) is 19.7 Å². The van der Waals surface area contributed by atoms with E-state index in [2.05, 4.69) is 4.98 Å². The Morgan fingerprint density at radius 1 is 1.65 bits per heavy atom. The summed E-state index contributed by atoms with van der Waals surface area (Å²) in [5.74, 6) is -0.650. The molecule has 1 saturated heterocycles. The predicted octanol–water partition coefficient (Wildman–Crippen LogP) is -0.222. The van der Waals surface area contributed by atoms with Crippen LogP contribution in [0, 0.1) is 6.92 Å². The monoisotopic (exact) mass is 255 g/mol. The van der Waals surface area contributed by atoms with Gasteiger partial charge in [-0.25, -0.2) is 4.98 Å². The summed E-state index contributed by atoms with van der Waals surface area (Å²) in [4.78, 5) is 29.4. The maximum atomic E-state index is 12.1. The first-order valence-corrected chi connectivity index (χ1v) is 6.08. The molecule has 0 saturated carbocycles. The van der Waals surface area contributed by atoms with Crippen LogP contribution in [-0.2, 0) is 9.53 Å². The maximum absolute atomic E-state index is 12.1. The molecule has 1 fully saturated rings. The summed E-state index contributed by atoms with van der Waals surface area (Å²) in [5.41, 5.74) is 7.51. The lowest BCUT2D eigenvalue weighted by atomic mass is 10.2. The zero-order valence-electron chi connectivity index (χ0n) is 9.38. The van der Waals surface area contributed by atoms with E-state index in [0.717, 1.165) is 0 Å². The number of nitrogens with two attached hydrogens (primary N) is 1. The van der Waals surface area contributed by atoms with E-state index in [4.69, 9.17) is 10.5 Å². The molecule has 7 heteroatoms. The van der Waals surface area contributed by atoms with E-state index in [1.54, 1.807) is 17.3 Å². The predicted molar refractivity (Wildman–Crippen MR) is 61.7 cm³/mol. The van der Waals surface area contributed by atoms with Crippen molar-refractivity contribution < 1.29 is 14.3 Å². The number of nitrogens with zero attached hydrogens (tertiary/aromatic N) is 2. The summed E-state index contributed by atoms with van der Waals surface area (Å²) in [7, 11) is 0. The van der Waals surface area contributed by atoms with Crippen LogP contribution in [0.25, 0.3) is 0 Å². The second kappa shape index (κ2) is 4.80. The number of hydrogen-bond donors (Lipinski definition) is 1. The molecule has 1 aliphatic heterocycles. The second-order valence-electron chi connectivity index (χ2n) is 3.78. The van der Waals surface area contributed by atoms with Crippen LogP contribution in [0.5, 0.6) is 0 Å². The molecule has 6 nitrogen and oxygen atoms in total. The first-order chi connectivity index (χ1) is 8.09. The number of hydrogen-bond acceptors (Lipinski definition) is 5. The van der Waals surface area contributed by atoms with Crippen molar-refractivity contribution in [2.24, 2.45) is 5.73 Å². The van der Waals surface area contributed by atoms with Crippen molar-refractivity contribution in [1.29, 1.82) is 0 Å². The van der Waals surface area contributed by atoms with Crippen LogP contribution < -0.4 is 5.73 Å². The summed E-state index contributed by atoms with van der Waals surface area (Å²) in [5, 5.41) is 0. The van der Waals surface area contributed by atoms with E-state index in [-0.39, 0.29) is 12.5 Å². The highest BCUT2D eigenvalue weighted by molar-refractivity contribution is 7.11. The fourth-order valence-electron chi connectivity index (χ4n) is 1.66. The Bertz CT molecular complexity index is 446. The molecule has 2 N–H and O–H groups in total. The molecular formula is C10H13N3O3S. The maximum Gasteiger partial charge on any atom is 0.266 e.